The Hall–Kier alpha value is -1.65. The highest BCUT2D eigenvalue weighted by molar-refractivity contribution is 7.88. The molecule has 1 aliphatic heterocycles. The molecule has 21 heavy (non-hydrogen) atoms. The second kappa shape index (κ2) is 5.62. The average Bonchev–Trinajstić information content (AvgIpc) is 2.47. The molecule has 0 aromatic heterocycles. The van der Waals surface area contributed by atoms with Gasteiger partial charge in [-0.05, 0) is 30.0 Å². The number of hydrogen-bond donors (Lipinski definition) is 0. The summed E-state index contributed by atoms with van der Waals surface area (Å²) in [6.07, 6.45) is 0.782. The van der Waals surface area contributed by atoms with E-state index in [1.807, 2.05) is 55.5 Å². The van der Waals surface area contributed by atoms with E-state index in [4.69, 9.17) is 0 Å². The molecule has 1 aliphatic rings. The van der Waals surface area contributed by atoms with Crippen LogP contribution in [0.4, 0.5) is 0 Å². The number of sulfonamides is 1. The summed E-state index contributed by atoms with van der Waals surface area (Å²) in [5.74, 6) is 0.0698. The molecule has 0 amide bonds. The van der Waals surface area contributed by atoms with Crippen LogP contribution in [-0.4, -0.2) is 18.8 Å². The Bertz CT molecular complexity index is 725. The fraction of sp³-hybridized carbons (Fsp3) is 0.294. The predicted molar refractivity (Wildman–Crippen MR) is 84.2 cm³/mol. The summed E-state index contributed by atoms with van der Waals surface area (Å²) < 4.78 is 27.0. The second-order valence-corrected chi connectivity index (χ2v) is 7.53. The number of nitrogens with zero attached hydrogens (tertiary/aromatic N) is 1. The van der Waals surface area contributed by atoms with E-state index in [0.717, 1.165) is 17.5 Å². The van der Waals surface area contributed by atoms with Gasteiger partial charge in [0.2, 0.25) is 10.0 Å². The first-order valence-electron chi connectivity index (χ1n) is 7.16. The Balaban J connectivity index is 1.86. The molecule has 110 valence electrons. The van der Waals surface area contributed by atoms with Gasteiger partial charge in [0.1, 0.15) is 0 Å². The Morgan fingerprint density at radius 2 is 1.62 bits per heavy atom. The summed E-state index contributed by atoms with van der Waals surface area (Å²) in [4.78, 5) is 0. The third-order valence-electron chi connectivity index (χ3n) is 4.00. The largest absolute Gasteiger partial charge is 0.218 e. The van der Waals surface area contributed by atoms with Crippen LogP contribution in [0, 0.1) is 0 Å². The molecule has 0 bridgehead atoms. The van der Waals surface area contributed by atoms with Crippen LogP contribution in [0.2, 0.25) is 0 Å². The molecule has 0 saturated carbocycles. The Labute approximate surface area is 126 Å². The minimum atomic E-state index is -3.29. The van der Waals surface area contributed by atoms with E-state index in [1.165, 1.54) is 5.56 Å². The molecule has 0 N–H and O–H groups in total. The second-order valence-electron chi connectivity index (χ2n) is 5.61. The SMILES string of the molecule is CC1Cc2ccccc2CN1S(=O)(=O)Cc1ccccc1. The molecule has 0 fully saturated rings. The maximum Gasteiger partial charge on any atom is 0.218 e. The van der Waals surface area contributed by atoms with Crippen LogP contribution in [0.3, 0.4) is 0 Å². The molecule has 1 heterocycles. The van der Waals surface area contributed by atoms with Crippen molar-refractivity contribution in [2.45, 2.75) is 31.7 Å². The summed E-state index contributed by atoms with van der Waals surface area (Å²) in [6.45, 7) is 2.46. The van der Waals surface area contributed by atoms with Crippen LogP contribution in [0.25, 0.3) is 0 Å². The van der Waals surface area contributed by atoms with Gasteiger partial charge in [-0.2, -0.15) is 4.31 Å². The van der Waals surface area contributed by atoms with E-state index in [0.29, 0.717) is 6.54 Å². The van der Waals surface area contributed by atoms with Crippen LogP contribution in [0.1, 0.15) is 23.6 Å². The minimum absolute atomic E-state index is 0.00797. The van der Waals surface area contributed by atoms with Crippen LogP contribution in [-0.2, 0) is 28.7 Å². The summed E-state index contributed by atoms with van der Waals surface area (Å²) in [5, 5.41) is 0. The maximum atomic E-state index is 12.7. The number of hydrogen-bond acceptors (Lipinski definition) is 2. The molecular weight excluding hydrogens is 282 g/mol. The molecule has 2 aromatic carbocycles. The van der Waals surface area contributed by atoms with Crippen molar-refractivity contribution in [2.75, 3.05) is 0 Å². The third kappa shape index (κ3) is 3.01. The van der Waals surface area contributed by atoms with Crippen molar-refractivity contribution in [2.24, 2.45) is 0 Å². The highest BCUT2D eigenvalue weighted by atomic mass is 32.2. The molecule has 3 nitrogen and oxygen atoms in total. The van der Waals surface area contributed by atoms with E-state index >= 15 is 0 Å². The van der Waals surface area contributed by atoms with Gasteiger partial charge in [-0.1, -0.05) is 54.6 Å². The molecule has 0 saturated heterocycles. The van der Waals surface area contributed by atoms with E-state index in [1.54, 1.807) is 4.31 Å². The zero-order valence-electron chi connectivity index (χ0n) is 12.1. The van der Waals surface area contributed by atoms with Crippen LogP contribution >= 0.6 is 0 Å². The van der Waals surface area contributed by atoms with Gasteiger partial charge in [-0.3, -0.25) is 0 Å². The molecule has 1 unspecified atom stereocenters. The van der Waals surface area contributed by atoms with E-state index in [-0.39, 0.29) is 11.8 Å². The molecule has 1 atom stereocenters. The highest BCUT2D eigenvalue weighted by Gasteiger charge is 2.31. The third-order valence-corrected chi connectivity index (χ3v) is 5.90. The highest BCUT2D eigenvalue weighted by Crippen LogP contribution is 2.26. The Morgan fingerprint density at radius 1 is 1.00 bits per heavy atom. The molecule has 0 radical (unpaired) electrons. The van der Waals surface area contributed by atoms with Crippen molar-refractivity contribution in [3.8, 4) is 0 Å². The smallest absolute Gasteiger partial charge is 0.212 e. The molecule has 0 spiro atoms. The minimum Gasteiger partial charge on any atom is -0.212 e. The number of benzene rings is 2. The van der Waals surface area contributed by atoms with Crippen LogP contribution in [0.5, 0.6) is 0 Å². The lowest BCUT2D eigenvalue weighted by Gasteiger charge is -2.33. The van der Waals surface area contributed by atoms with Crippen LogP contribution in [0.15, 0.2) is 54.6 Å². The van der Waals surface area contributed by atoms with E-state index in [2.05, 4.69) is 6.07 Å². The zero-order chi connectivity index (χ0) is 14.9. The van der Waals surface area contributed by atoms with Gasteiger partial charge in [0.15, 0.2) is 0 Å². The quantitative estimate of drug-likeness (QED) is 0.874. The zero-order valence-corrected chi connectivity index (χ0v) is 12.9. The molecule has 3 rings (SSSR count). The maximum absolute atomic E-state index is 12.7. The van der Waals surface area contributed by atoms with Crippen molar-refractivity contribution in [3.05, 3.63) is 71.3 Å². The van der Waals surface area contributed by atoms with Crippen LogP contribution < -0.4 is 0 Å². The standard InChI is InChI=1S/C17H19NO2S/c1-14-11-16-9-5-6-10-17(16)12-18(14)21(19,20)13-15-7-3-2-4-8-15/h2-10,14H,11-13H2,1H3. The first-order chi connectivity index (χ1) is 10.1. The molecule has 4 heteroatoms. The fourth-order valence-electron chi connectivity index (χ4n) is 2.89. The first-order valence-corrected chi connectivity index (χ1v) is 8.77. The van der Waals surface area contributed by atoms with Crippen molar-refractivity contribution in [1.82, 2.24) is 4.31 Å². The fourth-order valence-corrected chi connectivity index (χ4v) is 4.63. The summed E-state index contributed by atoms with van der Waals surface area (Å²) in [6, 6.07) is 17.5. The molecular formula is C17H19NO2S. The topological polar surface area (TPSA) is 37.4 Å². The van der Waals surface area contributed by atoms with E-state index < -0.39 is 10.0 Å². The van der Waals surface area contributed by atoms with Gasteiger partial charge in [0, 0.05) is 12.6 Å². The van der Waals surface area contributed by atoms with Crippen molar-refractivity contribution >= 4 is 10.0 Å². The normalized spacial score (nSPS) is 19.2. The average molecular weight is 301 g/mol. The van der Waals surface area contributed by atoms with Crippen molar-refractivity contribution in [1.29, 1.82) is 0 Å². The van der Waals surface area contributed by atoms with Gasteiger partial charge in [0.05, 0.1) is 5.75 Å². The lowest BCUT2D eigenvalue weighted by molar-refractivity contribution is 0.309. The monoisotopic (exact) mass is 301 g/mol. The van der Waals surface area contributed by atoms with Crippen molar-refractivity contribution < 1.29 is 8.42 Å². The number of rotatable bonds is 3. The summed E-state index contributed by atoms with van der Waals surface area (Å²) >= 11 is 0. The van der Waals surface area contributed by atoms with Crippen molar-refractivity contribution in [3.63, 3.8) is 0 Å². The Morgan fingerprint density at radius 3 is 2.33 bits per heavy atom. The predicted octanol–water partition coefficient (Wildman–Crippen LogP) is 2.96. The molecule has 0 aliphatic carbocycles. The van der Waals surface area contributed by atoms with Gasteiger partial charge < -0.3 is 0 Å². The first kappa shape index (κ1) is 14.3. The molecule has 2 aromatic rings. The summed E-state index contributed by atoms with van der Waals surface area (Å²) in [5.41, 5.74) is 3.21. The number of fused-ring (bicyclic) bond motifs is 1. The van der Waals surface area contributed by atoms with Gasteiger partial charge in [-0.15, -0.1) is 0 Å². The summed E-state index contributed by atoms with van der Waals surface area (Å²) in [7, 11) is -3.29. The van der Waals surface area contributed by atoms with Gasteiger partial charge in [0.25, 0.3) is 0 Å². The Kier molecular flexibility index (Phi) is 3.83. The van der Waals surface area contributed by atoms with E-state index in [9.17, 15) is 8.42 Å². The lowest BCUT2D eigenvalue weighted by atomic mass is 9.97. The van der Waals surface area contributed by atoms with Gasteiger partial charge >= 0.3 is 0 Å². The van der Waals surface area contributed by atoms with Gasteiger partial charge in [-0.25, -0.2) is 8.42 Å². The lowest BCUT2D eigenvalue weighted by Crippen LogP contribution is -2.43.